The molecule has 2 nitrogen and oxygen atoms in total. The molecule has 0 aliphatic heterocycles. The summed E-state index contributed by atoms with van der Waals surface area (Å²) < 4.78 is 5.58. The summed E-state index contributed by atoms with van der Waals surface area (Å²) in [6.45, 7) is 8.40. The van der Waals surface area contributed by atoms with Crippen LogP contribution in [0.15, 0.2) is 22.8 Å². The van der Waals surface area contributed by atoms with Crippen LogP contribution >= 0.6 is 0 Å². The van der Waals surface area contributed by atoms with Crippen LogP contribution in [0.3, 0.4) is 0 Å². The van der Waals surface area contributed by atoms with Crippen molar-refractivity contribution in [3.05, 3.63) is 35.3 Å². The number of ketones is 1. The van der Waals surface area contributed by atoms with E-state index in [-0.39, 0.29) is 17.1 Å². The molecule has 4 unspecified atom stereocenters. The summed E-state index contributed by atoms with van der Waals surface area (Å²) in [7, 11) is 0. The highest BCUT2D eigenvalue weighted by Crippen LogP contribution is 2.69. The molecule has 0 aromatic carbocycles. The number of furan rings is 1. The van der Waals surface area contributed by atoms with Crippen LogP contribution in [0.2, 0.25) is 0 Å². The number of hydrogen-bond acceptors (Lipinski definition) is 2. The van der Waals surface area contributed by atoms with Gasteiger partial charge in [-0.2, -0.15) is 0 Å². The monoisotopic (exact) mass is 228 g/mol. The zero-order chi connectivity index (χ0) is 11.9. The summed E-state index contributed by atoms with van der Waals surface area (Å²) in [5, 5.41) is 0. The molecule has 0 saturated heterocycles. The number of Topliss-reactive ketones (excluding diaryl/α,β-unsaturated/α-hetero) is 1. The van der Waals surface area contributed by atoms with E-state index in [1.807, 2.05) is 6.92 Å². The molecular formula is C15H16O2. The SMILES string of the molecule is C=C1C2CC2C2(C)Cc3occ(C)c3C(=O)C12. The predicted octanol–water partition coefficient (Wildman–Crippen LogP) is 3.16. The predicted molar refractivity (Wildman–Crippen MR) is 63.8 cm³/mol. The Morgan fingerprint density at radius 1 is 1.53 bits per heavy atom. The van der Waals surface area contributed by atoms with Gasteiger partial charge < -0.3 is 4.42 Å². The van der Waals surface area contributed by atoms with Gasteiger partial charge >= 0.3 is 0 Å². The van der Waals surface area contributed by atoms with Gasteiger partial charge in [0.15, 0.2) is 5.78 Å². The van der Waals surface area contributed by atoms with Crippen molar-refractivity contribution in [3.63, 3.8) is 0 Å². The number of hydrogen-bond donors (Lipinski definition) is 0. The van der Waals surface area contributed by atoms with Crippen molar-refractivity contribution in [1.82, 2.24) is 0 Å². The van der Waals surface area contributed by atoms with Crippen LogP contribution < -0.4 is 0 Å². The molecule has 2 fully saturated rings. The molecule has 3 aliphatic rings. The Kier molecular flexibility index (Phi) is 1.47. The number of carbonyl (C=O) groups excluding carboxylic acids is 1. The molecule has 1 heterocycles. The molecule has 3 aliphatic carbocycles. The standard InChI is InChI=1S/C15H16O2/c1-7-6-17-11-5-15(3)10-4-9(10)8(2)13(15)14(16)12(7)11/h6,9-10,13H,2,4-5H2,1,3H3. The highest BCUT2D eigenvalue weighted by atomic mass is 16.3. The molecule has 1 aromatic heterocycles. The Morgan fingerprint density at radius 2 is 2.29 bits per heavy atom. The minimum absolute atomic E-state index is 0.0510. The van der Waals surface area contributed by atoms with Gasteiger partial charge in [-0.25, -0.2) is 0 Å². The summed E-state index contributed by atoms with van der Waals surface area (Å²) in [5.74, 6) is 2.50. The first-order valence-corrected chi connectivity index (χ1v) is 6.34. The highest BCUT2D eigenvalue weighted by Gasteiger charge is 2.66. The smallest absolute Gasteiger partial charge is 0.174 e. The van der Waals surface area contributed by atoms with Gasteiger partial charge in [-0.3, -0.25) is 4.79 Å². The van der Waals surface area contributed by atoms with Crippen LogP contribution in [0.4, 0.5) is 0 Å². The first-order chi connectivity index (χ1) is 8.04. The van der Waals surface area contributed by atoms with Gasteiger partial charge in [0.25, 0.3) is 0 Å². The largest absolute Gasteiger partial charge is 0.468 e. The van der Waals surface area contributed by atoms with Crippen LogP contribution in [0.1, 0.15) is 35.0 Å². The zero-order valence-corrected chi connectivity index (χ0v) is 10.2. The molecule has 0 amide bonds. The van der Waals surface area contributed by atoms with Gasteiger partial charge in [0.1, 0.15) is 5.76 Å². The molecule has 17 heavy (non-hydrogen) atoms. The lowest BCUT2D eigenvalue weighted by molar-refractivity contribution is 0.0772. The number of allylic oxidation sites excluding steroid dienone is 1. The Morgan fingerprint density at radius 3 is 3.06 bits per heavy atom. The Bertz CT molecular complexity index is 565. The van der Waals surface area contributed by atoms with Crippen molar-refractivity contribution in [2.24, 2.45) is 23.2 Å². The summed E-state index contributed by atoms with van der Waals surface area (Å²) in [6, 6.07) is 0. The maximum atomic E-state index is 12.6. The summed E-state index contributed by atoms with van der Waals surface area (Å²) in [4.78, 5) is 12.6. The molecule has 0 N–H and O–H groups in total. The molecule has 0 bridgehead atoms. The van der Waals surface area contributed by atoms with Crippen LogP contribution in [0, 0.1) is 30.1 Å². The lowest BCUT2D eigenvalue weighted by Gasteiger charge is -2.37. The van der Waals surface area contributed by atoms with Crippen molar-refractivity contribution in [2.75, 3.05) is 0 Å². The van der Waals surface area contributed by atoms with E-state index in [4.69, 9.17) is 4.42 Å². The third-order valence-corrected chi connectivity index (χ3v) is 5.25. The van der Waals surface area contributed by atoms with Gasteiger partial charge in [0.2, 0.25) is 0 Å². The average Bonchev–Trinajstić information content (AvgIpc) is 2.94. The number of aryl methyl sites for hydroxylation is 1. The Hall–Kier alpha value is -1.31. The van der Waals surface area contributed by atoms with E-state index in [0.29, 0.717) is 11.8 Å². The number of carbonyl (C=O) groups is 1. The summed E-state index contributed by atoms with van der Waals surface area (Å²) in [6.07, 6.45) is 3.86. The molecule has 88 valence electrons. The van der Waals surface area contributed by atoms with Crippen molar-refractivity contribution >= 4 is 5.78 Å². The minimum Gasteiger partial charge on any atom is -0.468 e. The number of fused-ring (bicyclic) bond motifs is 4. The number of rotatable bonds is 0. The van der Waals surface area contributed by atoms with Crippen molar-refractivity contribution < 1.29 is 9.21 Å². The van der Waals surface area contributed by atoms with Crippen molar-refractivity contribution in [2.45, 2.75) is 26.7 Å². The van der Waals surface area contributed by atoms with E-state index < -0.39 is 0 Å². The third-order valence-electron chi connectivity index (χ3n) is 5.25. The maximum absolute atomic E-state index is 12.6. The normalized spacial score (nSPS) is 42.1. The molecule has 4 rings (SSSR count). The molecule has 2 saturated carbocycles. The minimum atomic E-state index is 0.0510. The second kappa shape index (κ2) is 2.58. The Labute approximate surface area is 101 Å². The van der Waals surface area contributed by atoms with E-state index in [9.17, 15) is 4.79 Å². The molecule has 2 heteroatoms. The first kappa shape index (κ1) is 9.69. The van der Waals surface area contributed by atoms with E-state index >= 15 is 0 Å². The lowest BCUT2D eigenvalue weighted by Crippen LogP contribution is -2.39. The summed E-state index contributed by atoms with van der Waals surface area (Å²) in [5.41, 5.74) is 3.10. The molecular weight excluding hydrogens is 212 g/mol. The average molecular weight is 228 g/mol. The van der Waals surface area contributed by atoms with Crippen LogP contribution in [0.5, 0.6) is 0 Å². The van der Waals surface area contributed by atoms with Crippen molar-refractivity contribution in [3.8, 4) is 0 Å². The van der Waals surface area contributed by atoms with Crippen LogP contribution in [0.25, 0.3) is 0 Å². The van der Waals surface area contributed by atoms with Crippen LogP contribution in [-0.2, 0) is 6.42 Å². The molecule has 0 radical (unpaired) electrons. The van der Waals surface area contributed by atoms with Gasteiger partial charge in [0.05, 0.1) is 11.8 Å². The lowest BCUT2D eigenvalue weighted by atomic mass is 9.65. The van der Waals surface area contributed by atoms with Gasteiger partial charge in [0, 0.05) is 12.3 Å². The van der Waals surface area contributed by atoms with Gasteiger partial charge in [-0.15, -0.1) is 0 Å². The summed E-state index contributed by atoms with van der Waals surface area (Å²) >= 11 is 0. The quantitative estimate of drug-likeness (QED) is 0.638. The second-order valence-corrected chi connectivity index (χ2v) is 6.22. The fourth-order valence-electron chi connectivity index (χ4n) is 4.34. The van der Waals surface area contributed by atoms with E-state index in [1.54, 1.807) is 6.26 Å². The van der Waals surface area contributed by atoms with E-state index in [0.717, 1.165) is 23.3 Å². The topological polar surface area (TPSA) is 30.2 Å². The third kappa shape index (κ3) is 0.921. The molecule has 0 spiro atoms. The second-order valence-electron chi connectivity index (χ2n) is 6.22. The van der Waals surface area contributed by atoms with Gasteiger partial charge in [-0.05, 0) is 36.2 Å². The van der Waals surface area contributed by atoms with Gasteiger partial charge in [-0.1, -0.05) is 19.1 Å². The molecule has 1 aromatic rings. The maximum Gasteiger partial charge on any atom is 0.174 e. The fourth-order valence-corrected chi connectivity index (χ4v) is 4.34. The fraction of sp³-hybridized carbons (Fsp3) is 0.533. The van der Waals surface area contributed by atoms with Crippen LogP contribution in [-0.4, -0.2) is 5.78 Å². The highest BCUT2D eigenvalue weighted by molar-refractivity contribution is 6.04. The zero-order valence-electron chi connectivity index (χ0n) is 10.2. The molecule has 4 atom stereocenters. The van der Waals surface area contributed by atoms with Crippen molar-refractivity contribution in [1.29, 1.82) is 0 Å². The Balaban J connectivity index is 1.93. The first-order valence-electron chi connectivity index (χ1n) is 6.34. The van der Waals surface area contributed by atoms with E-state index in [1.165, 1.54) is 12.0 Å². The van der Waals surface area contributed by atoms with E-state index in [2.05, 4.69) is 13.5 Å².